The first-order valence-electron chi connectivity index (χ1n) is 15.9. The molecule has 228 valence electrons. The number of likely N-dealkylation sites (tertiary alicyclic amines) is 1. The highest BCUT2D eigenvalue weighted by Crippen LogP contribution is 2.65. The van der Waals surface area contributed by atoms with Gasteiger partial charge in [-0.1, -0.05) is 65.2 Å². The van der Waals surface area contributed by atoms with Crippen LogP contribution in [0.4, 0.5) is 4.79 Å². The fraction of sp³-hybridized carbons (Fsp3) is 0.839. The smallest absolute Gasteiger partial charge is 0.315 e. The van der Waals surface area contributed by atoms with E-state index in [9.17, 15) is 24.0 Å². The van der Waals surface area contributed by atoms with E-state index >= 15 is 0 Å². The molecule has 0 bridgehead atoms. The monoisotopic (exact) mass is 571 g/mol. The summed E-state index contributed by atoms with van der Waals surface area (Å²) in [5.41, 5.74) is 4.91. The van der Waals surface area contributed by atoms with E-state index in [1.165, 1.54) is 6.42 Å². The van der Waals surface area contributed by atoms with E-state index in [1.807, 2.05) is 0 Å². The third kappa shape index (κ3) is 6.41. The Hall–Kier alpha value is -2.65. The minimum absolute atomic E-state index is 0.00821. The van der Waals surface area contributed by atoms with Crippen LogP contribution in [0.1, 0.15) is 104 Å². The number of primary amides is 1. The summed E-state index contributed by atoms with van der Waals surface area (Å²) in [6, 6.07) is -2.76. The fourth-order valence-electron chi connectivity index (χ4n) is 8.10. The Bertz CT molecular complexity index is 1060. The summed E-state index contributed by atoms with van der Waals surface area (Å²) in [4.78, 5) is 67.5. The normalized spacial score (nSPS) is 29.9. The van der Waals surface area contributed by atoms with E-state index in [-0.39, 0.29) is 40.6 Å². The summed E-state index contributed by atoms with van der Waals surface area (Å²) >= 11 is 0. The number of amides is 5. The van der Waals surface area contributed by atoms with Crippen LogP contribution in [0, 0.1) is 29.1 Å². The van der Waals surface area contributed by atoms with Crippen LogP contribution in [0.5, 0.6) is 0 Å². The van der Waals surface area contributed by atoms with Gasteiger partial charge in [-0.25, -0.2) is 4.79 Å². The number of rotatable bonds is 10. The molecule has 0 radical (unpaired) electrons. The van der Waals surface area contributed by atoms with Crippen molar-refractivity contribution < 1.29 is 24.0 Å². The Labute approximate surface area is 243 Å². The lowest BCUT2D eigenvalue weighted by Gasteiger charge is -2.39. The first kappa shape index (κ1) is 29.8. The van der Waals surface area contributed by atoms with Crippen molar-refractivity contribution in [3.05, 3.63) is 0 Å². The lowest BCUT2D eigenvalue weighted by Crippen LogP contribution is -2.61. The van der Waals surface area contributed by atoms with Gasteiger partial charge in [-0.05, 0) is 68.1 Å². The van der Waals surface area contributed by atoms with Crippen molar-refractivity contribution in [2.45, 2.75) is 128 Å². The van der Waals surface area contributed by atoms with Crippen LogP contribution in [0.15, 0.2) is 0 Å². The Kier molecular flexibility index (Phi) is 8.41. The van der Waals surface area contributed by atoms with Crippen molar-refractivity contribution in [1.82, 2.24) is 20.9 Å². The molecule has 1 heterocycles. The van der Waals surface area contributed by atoms with Gasteiger partial charge in [0, 0.05) is 12.1 Å². The Balaban J connectivity index is 1.34. The number of carbonyl (C=O) groups excluding carboxylic acids is 5. The maximum absolute atomic E-state index is 14.3. The van der Waals surface area contributed by atoms with Gasteiger partial charge < -0.3 is 26.6 Å². The number of urea groups is 1. The van der Waals surface area contributed by atoms with Crippen molar-refractivity contribution in [3.8, 4) is 0 Å². The van der Waals surface area contributed by atoms with Gasteiger partial charge in [0.2, 0.25) is 17.6 Å². The number of fused-ring (bicyclic) bond motifs is 1. The third-order valence-corrected chi connectivity index (χ3v) is 10.9. The van der Waals surface area contributed by atoms with Crippen molar-refractivity contribution in [2.24, 2.45) is 34.8 Å². The minimum Gasteiger partial charge on any atom is -0.363 e. The molecule has 5 rings (SSSR count). The molecule has 5 fully saturated rings. The molecule has 5 N–H and O–H groups in total. The number of piperidine rings is 1. The van der Waals surface area contributed by atoms with Gasteiger partial charge >= 0.3 is 6.03 Å². The third-order valence-electron chi connectivity index (χ3n) is 10.9. The molecule has 5 aliphatic rings. The van der Waals surface area contributed by atoms with E-state index in [0.717, 1.165) is 70.6 Å². The number of nitrogens with one attached hydrogen (secondary N) is 3. The number of Topliss-reactive ketones (excluding diaryl/α,β-unsaturated/α-hetero) is 1. The SMILES string of the molecule is CC1(NC(=O)N[C@H](C(=O)N2CC3[C@@H]([C@H]2C(=O)NC(CC2CC2)C(=O)C(N)=O)C3(C)C)C2CCCCC2)CCCCC1. The van der Waals surface area contributed by atoms with Crippen LogP contribution in [-0.2, 0) is 19.2 Å². The number of hydrogen-bond acceptors (Lipinski definition) is 5. The average molecular weight is 572 g/mol. The highest BCUT2D eigenvalue weighted by molar-refractivity contribution is 6.37. The molecule has 0 aromatic rings. The standard InChI is InChI=1S/C31H49N5O5/c1-30(2)20-17-36(24(22(20)30)27(39)33-21(16-18-12-13-18)25(37)26(32)38)28(40)23(19-10-6-4-7-11-19)34-29(41)35-31(3)14-8-5-9-15-31/h18-24H,4-17H2,1-3H3,(H2,32,38)(H,33,39)(H2,34,35,41)/t20?,21?,22-,23-,24-/m0/s1. The van der Waals surface area contributed by atoms with Crippen molar-refractivity contribution in [3.63, 3.8) is 0 Å². The van der Waals surface area contributed by atoms with E-state index in [0.29, 0.717) is 18.9 Å². The van der Waals surface area contributed by atoms with Crippen LogP contribution in [0.25, 0.3) is 0 Å². The summed E-state index contributed by atoms with van der Waals surface area (Å²) in [5.74, 6) is -2.05. The topological polar surface area (TPSA) is 151 Å². The predicted octanol–water partition coefficient (Wildman–Crippen LogP) is 2.78. The highest BCUT2D eigenvalue weighted by Gasteiger charge is 2.69. The molecule has 4 aliphatic carbocycles. The number of nitrogens with zero attached hydrogens (tertiary/aromatic N) is 1. The van der Waals surface area contributed by atoms with Crippen LogP contribution >= 0.6 is 0 Å². The zero-order valence-electron chi connectivity index (χ0n) is 25.0. The number of nitrogens with two attached hydrogens (primary N) is 1. The van der Waals surface area contributed by atoms with Gasteiger partial charge in [-0.2, -0.15) is 0 Å². The molecule has 0 spiro atoms. The molecule has 41 heavy (non-hydrogen) atoms. The molecular weight excluding hydrogens is 522 g/mol. The molecule has 4 saturated carbocycles. The second-order valence-corrected chi connectivity index (χ2v) is 14.5. The van der Waals surface area contributed by atoms with Gasteiger partial charge in [-0.3, -0.25) is 19.2 Å². The molecule has 0 aromatic carbocycles. The molecule has 2 unspecified atom stereocenters. The number of ketones is 1. The number of hydrogen-bond donors (Lipinski definition) is 4. The summed E-state index contributed by atoms with van der Waals surface area (Å²) < 4.78 is 0. The van der Waals surface area contributed by atoms with Crippen LogP contribution in [0.3, 0.4) is 0 Å². The van der Waals surface area contributed by atoms with Crippen LogP contribution in [0.2, 0.25) is 0 Å². The zero-order chi connectivity index (χ0) is 29.5. The van der Waals surface area contributed by atoms with Crippen LogP contribution in [-0.4, -0.2) is 64.6 Å². The first-order valence-corrected chi connectivity index (χ1v) is 15.9. The van der Waals surface area contributed by atoms with E-state index in [4.69, 9.17) is 5.73 Å². The molecule has 10 nitrogen and oxygen atoms in total. The van der Waals surface area contributed by atoms with Gasteiger partial charge in [0.15, 0.2) is 0 Å². The quantitative estimate of drug-likeness (QED) is 0.297. The predicted molar refractivity (Wildman–Crippen MR) is 153 cm³/mol. The molecule has 1 aliphatic heterocycles. The van der Waals surface area contributed by atoms with E-state index in [2.05, 4.69) is 36.7 Å². The number of carbonyl (C=O) groups is 5. The molecule has 5 amide bonds. The van der Waals surface area contributed by atoms with Crippen LogP contribution < -0.4 is 21.7 Å². The lowest BCUT2D eigenvalue weighted by atomic mass is 9.82. The summed E-state index contributed by atoms with van der Waals surface area (Å²) in [6.45, 7) is 6.73. The van der Waals surface area contributed by atoms with E-state index in [1.54, 1.807) is 4.90 Å². The zero-order valence-corrected chi connectivity index (χ0v) is 25.0. The largest absolute Gasteiger partial charge is 0.363 e. The fourth-order valence-corrected chi connectivity index (χ4v) is 8.10. The maximum atomic E-state index is 14.3. The summed E-state index contributed by atoms with van der Waals surface area (Å²) in [7, 11) is 0. The Morgan fingerprint density at radius 1 is 0.878 bits per heavy atom. The maximum Gasteiger partial charge on any atom is 0.315 e. The Morgan fingerprint density at radius 3 is 2.12 bits per heavy atom. The van der Waals surface area contributed by atoms with Gasteiger partial charge in [0.1, 0.15) is 12.1 Å². The lowest BCUT2D eigenvalue weighted by molar-refractivity contribution is -0.144. The molecular formula is C31H49N5O5. The molecule has 5 atom stereocenters. The van der Waals surface area contributed by atoms with E-state index < -0.39 is 35.7 Å². The molecule has 10 heteroatoms. The molecule has 1 saturated heterocycles. The van der Waals surface area contributed by atoms with Crippen molar-refractivity contribution in [2.75, 3.05) is 6.54 Å². The molecule has 0 aromatic heterocycles. The van der Waals surface area contributed by atoms with Gasteiger partial charge in [0.25, 0.3) is 5.91 Å². The summed E-state index contributed by atoms with van der Waals surface area (Å²) in [6.07, 6.45) is 12.3. The van der Waals surface area contributed by atoms with Gasteiger partial charge in [-0.15, -0.1) is 0 Å². The highest BCUT2D eigenvalue weighted by atomic mass is 16.2. The average Bonchev–Trinajstić information content (AvgIpc) is 3.78. The van der Waals surface area contributed by atoms with Gasteiger partial charge in [0.05, 0.1) is 6.04 Å². The van der Waals surface area contributed by atoms with Crippen molar-refractivity contribution in [1.29, 1.82) is 0 Å². The Morgan fingerprint density at radius 2 is 1.51 bits per heavy atom. The second-order valence-electron chi connectivity index (χ2n) is 14.5. The summed E-state index contributed by atoms with van der Waals surface area (Å²) in [5, 5.41) is 9.06. The minimum atomic E-state index is -1.06. The first-order chi connectivity index (χ1) is 19.4. The van der Waals surface area contributed by atoms with Crippen molar-refractivity contribution >= 4 is 29.5 Å². The second kappa shape index (κ2) is 11.6.